The molecule has 74 valence electrons. The minimum absolute atomic E-state index is 0.210. The normalized spacial score (nSPS) is 9.93. The third-order valence-electron chi connectivity index (χ3n) is 2.33. The Hall–Kier alpha value is -1.89. The third kappa shape index (κ3) is 1.82. The molecule has 2 aromatic carbocycles. The number of rotatable bonds is 2. The quantitative estimate of drug-likeness (QED) is 0.680. The fourth-order valence-corrected chi connectivity index (χ4v) is 1.62. The fraction of sp³-hybridized carbons (Fsp3) is 0. The topological polar surface area (TPSA) is 0 Å². The molecule has 0 saturated heterocycles. The molecule has 0 bridgehead atoms. The van der Waals surface area contributed by atoms with E-state index in [1.54, 1.807) is 12.1 Å². The lowest BCUT2D eigenvalue weighted by Gasteiger charge is -2.07. The maximum Gasteiger partial charge on any atom is 0.131 e. The Bertz CT molecular complexity index is 472. The van der Waals surface area contributed by atoms with Crippen LogP contribution in [0.3, 0.4) is 0 Å². The van der Waals surface area contributed by atoms with Gasteiger partial charge in [0, 0.05) is 5.56 Å². The Balaban J connectivity index is 2.66. The van der Waals surface area contributed by atoms with Gasteiger partial charge in [-0.25, -0.2) is 4.39 Å². The van der Waals surface area contributed by atoms with Gasteiger partial charge >= 0.3 is 0 Å². The van der Waals surface area contributed by atoms with Crippen molar-refractivity contribution >= 4 is 6.08 Å². The van der Waals surface area contributed by atoms with Gasteiger partial charge in [0.05, 0.1) is 0 Å². The molecular weight excluding hydrogens is 187 g/mol. The highest BCUT2D eigenvalue weighted by molar-refractivity contribution is 5.75. The smallest absolute Gasteiger partial charge is 0.131 e. The molecule has 0 aliphatic carbocycles. The molecule has 0 heterocycles. The van der Waals surface area contributed by atoms with E-state index in [1.807, 2.05) is 36.4 Å². The van der Waals surface area contributed by atoms with Gasteiger partial charge in [0.15, 0.2) is 0 Å². The largest absolute Gasteiger partial charge is 0.206 e. The van der Waals surface area contributed by atoms with E-state index in [-0.39, 0.29) is 5.82 Å². The van der Waals surface area contributed by atoms with E-state index in [0.717, 1.165) is 11.1 Å². The summed E-state index contributed by atoms with van der Waals surface area (Å²) in [7, 11) is 0. The molecule has 0 radical (unpaired) electrons. The highest BCUT2D eigenvalue weighted by Crippen LogP contribution is 2.27. The number of halogens is 1. The highest BCUT2D eigenvalue weighted by atomic mass is 19.1. The molecular formula is C14H11F. The van der Waals surface area contributed by atoms with Crippen molar-refractivity contribution in [2.75, 3.05) is 0 Å². The summed E-state index contributed by atoms with van der Waals surface area (Å²) in [5.41, 5.74) is 2.32. The first-order chi connectivity index (χ1) is 7.33. The molecule has 0 fully saturated rings. The standard InChI is InChI=1S/C14H11F/c1-2-11-9-6-10-13(15)14(11)12-7-4-3-5-8-12/h2-10H,1H2. The van der Waals surface area contributed by atoms with E-state index in [2.05, 4.69) is 6.58 Å². The van der Waals surface area contributed by atoms with Gasteiger partial charge in [-0.15, -0.1) is 0 Å². The van der Waals surface area contributed by atoms with Crippen LogP contribution in [0.4, 0.5) is 4.39 Å². The lowest BCUT2D eigenvalue weighted by atomic mass is 9.99. The van der Waals surface area contributed by atoms with Crippen molar-refractivity contribution in [2.45, 2.75) is 0 Å². The molecule has 0 atom stereocenters. The maximum atomic E-state index is 13.7. The Labute approximate surface area is 88.7 Å². The van der Waals surface area contributed by atoms with Crippen molar-refractivity contribution in [3.05, 3.63) is 66.5 Å². The van der Waals surface area contributed by atoms with Crippen molar-refractivity contribution in [1.29, 1.82) is 0 Å². The summed E-state index contributed by atoms with van der Waals surface area (Å²) in [5, 5.41) is 0. The summed E-state index contributed by atoms with van der Waals surface area (Å²) in [6, 6.07) is 14.5. The summed E-state index contributed by atoms with van der Waals surface area (Å²) < 4.78 is 13.7. The lowest BCUT2D eigenvalue weighted by molar-refractivity contribution is 0.631. The number of benzene rings is 2. The SMILES string of the molecule is C=Cc1cccc(F)c1-c1ccccc1. The zero-order chi connectivity index (χ0) is 10.7. The minimum Gasteiger partial charge on any atom is -0.206 e. The monoisotopic (exact) mass is 198 g/mol. The fourth-order valence-electron chi connectivity index (χ4n) is 1.62. The molecule has 0 unspecified atom stereocenters. The molecule has 0 amide bonds. The van der Waals surface area contributed by atoms with Gasteiger partial charge in [-0.3, -0.25) is 0 Å². The van der Waals surface area contributed by atoms with Gasteiger partial charge in [-0.2, -0.15) is 0 Å². The van der Waals surface area contributed by atoms with Crippen molar-refractivity contribution < 1.29 is 4.39 Å². The summed E-state index contributed by atoms with van der Waals surface area (Å²) in [6.07, 6.45) is 1.67. The van der Waals surface area contributed by atoms with Crippen molar-refractivity contribution in [1.82, 2.24) is 0 Å². The molecule has 0 nitrogen and oxygen atoms in total. The molecule has 0 aliphatic heterocycles. The van der Waals surface area contributed by atoms with Crippen molar-refractivity contribution in [3.63, 3.8) is 0 Å². The predicted octanol–water partition coefficient (Wildman–Crippen LogP) is 4.14. The number of hydrogen-bond acceptors (Lipinski definition) is 0. The molecule has 0 aliphatic rings. The van der Waals surface area contributed by atoms with Crippen molar-refractivity contribution in [2.24, 2.45) is 0 Å². The maximum absolute atomic E-state index is 13.7. The molecule has 0 N–H and O–H groups in total. The molecule has 1 heteroatoms. The van der Waals surface area contributed by atoms with Gasteiger partial charge < -0.3 is 0 Å². The van der Waals surface area contributed by atoms with E-state index in [4.69, 9.17) is 0 Å². The Kier molecular flexibility index (Phi) is 2.64. The lowest BCUT2D eigenvalue weighted by Crippen LogP contribution is -1.87. The second-order valence-corrected chi connectivity index (χ2v) is 3.27. The minimum atomic E-state index is -0.210. The van der Waals surface area contributed by atoms with Crippen LogP contribution in [0.25, 0.3) is 17.2 Å². The zero-order valence-electron chi connectivity index (χ0n) is 8.28. The van der Waals surface area contributed by atoms with E-state index in [1.165, 1.54) is 6.07 Å². The van der Waals surface area contributed by atoms with Crippen LogP contribution in [0, 0.1) is 5.82 Å². The van der Waals surface area contributed by atoms with E-state index in [9.17, 15) is 4.39 Å². The van der Waals surface area contributed by atoms with E-state index < -0.39 is 0 Å². The van der Waals surface area contributed by atoms with Crippen LogP contribution in [0.5, 0.6) is 0 Å². The van der Waals surface area contributed by atoms with Gasteiger partial charge in [0.1, 0.15) is 5.82 Å². The van der Waals surface area contributed by atoms with Crippen molar-refractivity contribution in [3.8, 4) is 11.1 Å². The second-order valence-electron chi connectivity index (χ2n) is 3.27. The summed E-state index contributed by atoms with van der Waals surface area (Å²) in [6.45, 7) is 3.69. The van der Waals surface area contributed by atoms with Gasteiger partial charge in [0.25, 0.3) is 0 Å². The first-order valence-electron chi connectivity index (χ1n) is 4.79. The number of hydrogen-bond donors (Lipinski definition) is 0. The van der Waals surface area contributed by atoms with Crippen LogP contribution < -0.4 is 0 Å². The Morgan fingerprint density at radius 2 is 1.67 bits per heavy atom. The van der Waals surface area contributed by atoms with Crippen LogP contribution in [-0.4, -0.2) is 0 Å². The van der Waals surface area contributed by atoms with E-state index in [0.29, 0.717) is 5.56 Å². The summed E-state index contributed by atoms with van der Waals surface area (Å²) in [5.74, 6) is -0.210. The van der Waals surface area contributed by atoms with Crippen LogP contribution in [0.15, 0.2) is 55.1 Å². The molecule has 0 spiro atoms. The van der Waals surface area contributed by atoms with Crippen LogP contribution in [-0.2, 0) is 0 Å². The molecule has 2 aromatic rings. The molecule has 2 rings (SSSR count). The van der Waals surface area contributed by atoms with Gasteiger partial charge in [0.2, 0.25) is 0 Å². The van der Waals surface area contributed by atoms with Gasteiger partial charge in [-0.05, 0) is 17.2 Å². The predicted molar refractivity (Wildman–Crippen MR) is 61.9 cm³/mol. The summed E-state index contributed by atoms with van der Waals surface area (Å²) in [4.78, 5) is 0. The molecule has 0 aromatic heterocycles. The Morgan fingerprint density at radius 1 is 0.933 bits per heavy atom. The van der Waals surface area contributed by atoms with Gasteiger partial charge in [-0.1, -0.05) is 55.1 Å². The second kappa shape index (κ2) is 4.09. The third-order valence-corrected chi connectivity index (χ3v) is 2.33. The summed E-state index contributed by atoms with van der Waals surface area (Å²) >= 11 is 0. The Morgan fingerprint density at radius 3 is 2.33 bits per heavy atom. The highest BCUT2D eigenvalue weighted by Gasteiger charge is 2.07. The first kappa shape index (κ1) is 9.66. The zero-order valence-corrected chi connectivity index (χ0v) is 8.28. The van der Waals surface area contributed by atoms with Crippen LogP contribution >= 0.6 is 0 Å². The van der Waals surface area contributed by atoms with Crippen LogP contribution in [0.1, 0.15) is 5.56 Å². The van der Waals surface area contributed by atoms with E-state index >= 15 is 0 Å². The first-order valence-corrected chi connectivity index (χ1v) is 4.79. The molecule has 0 saturated carbocycles. The average molecular weight is 198 g/mol. The molecule has 15 heavy (non-hydrogen) atoms. The average Bonchev–Trinajstić information content (AvgIpc) is 2.29. The van der Waals surface area contributed by atoms with Crippen LogP contribution in [0.2, 0.25) is 0 Å².